The molecule has 0 bridgehead atoms. The molecule has 0 aromatic heterocycles. The molecule has 0 aliphatic heterocycles. The van der Waals surface area contributed by atoms with E-state index < -0.39 is 65.8 Å². The van der Waals surface area contributed by atoms with Crippen LogP contribution in [0, 0.1) is 5.41 Å². The summed E-state index contributed by atoms with van der Waals surface area (Å²) in [5.74, 6) is -4.58. The molecule has 2 unspecified atom stereocenters. The van der Waals surface area contributed by atoms with Gasteiger partial charge in [0.15, 0.2) is 0 Å². The Labute approximate surface area is 239 Å². The minimum Gasteiger partial charge on any atom is -0.345 e. The molecular formula is C25H21Br2F9N2O2. The Morgan fingerprint density at radius 2 is 1.55 bits per heavy atom. The number of halogens is 11. The van der Waals surface area contributed by atoms with Crippen molar-refractivity contribution in [3.05, 3.63) is 68.2 Å². The summed E-state index contributed by atoms with van der Waals surface area (Å²) in [5.41, 5.74) is -5.85. The van der Waals surface area contributed by atoms with Crippen LogP contribution in [0.5, 0.6) is 0 Å². The predicted octanol–water partition coefficient (Wildman–Crippen LogP) is 7.57. The van der Waals surface area contributed by atoms with Gasteiger partial charge in [-0.25, -0.2) is 0 Å². The topological polar surface area (TPSA) is 58.2 Å². The quantitative estimate of drug-likeness (QED) is 0.287. The van der Waals surface area contributed by atoms with E-state index >= 15 is 0 Å². The Balaban J connectivity index is 1.86. The van der Waals surface area contributed by atoms with Crippen LogP contribution in [0.25, 0.3) is 0 Å². The smallest absolute Gasteiger partial charge is 0.345 e. The van der Waals surface area contributed by atoms with Crippen molar-refractivity contribution >= 4 is 43.7 Å². The molecule has 1 aromatic carbocycles. The van der Waals surface area contributed by atoms with Crippen LogP contribution in [0.15, 0.2) is 62.6 Å². The fourth-order valence-corrected chi connectivity index (χ4v) is 5.48. The molecule has 0 heterocycles. The van der Waals surface area contributed by atoms with E-state index in [4.69, 9.17) is 0 Å². The van der Waals surface area contributed by atoms with Crippen LogP contribution in [-0.2, 0) is 9.59 Å². The van der Waals surface area contributed by atoms with E-state index in [1.54, 1.807) is 5.32 Å². The lowest BCUT2D eigenvalue weighted by molar-refractivity contribution is -0.144. The lowest BCUT2D eigenvalue weighted by Crippen LogP contribution is -2.55. The maximum atomic E-state index is 14.1. The van der Waals surface area contributed by atoms with Crippen molar-refractivity contribution in [3.63, 3.8) is 0 Å². The van der Waals surface area contributed by atoms with Crippen LogP contribution in [0.1, 0.15) is 37.7 Å². The monoisotopic (exact) mass is 710 g/mol. The van der Waals surface area contributed by atoms with Gasteiger partial charge in [0.25, 0.3) is 0 Å². The van der Waals surface area contributed by atoms with Crippen LogP contribution >= 0.6 is 31.9 Å². The molecule has 3 rings (SSSR count). The minimum atomic E-state index is -5.09. The standard InChI is InChI=1S/C25H21Br2F9N2O2/c1-21(19(39)38-22(6-7-22)20(40)37-12-23(28,29)30)5-4-13(8-18(21)25(34,35)36)2-3-17(24(31,32)33)14-9-15(26)11-16(27)10-14/h2-4,8-11,17H,5-7,12H2,1H3,(H,37,40)(H,38,39)/b3-2+. The third kappa shape index (κ3) is 7.71. The first kappa shape index (κ1) is 32.2. The van der Waals surface area contributed by atoms with Crippen molar-refractivity contribution in [1.29, 1.82) is 0 Å². The van der Waals surface area contributed by atoms with E-state index in [0.717, 1.165) is 19.1 Å². The number of hydrogen-bond acceptors (Lipinski definition) is 2. The van der Waals surface area contributed by atoms with Crippen LogP contribution in [0.3, 0.4) is 0 Å². The van der Waals surface area contributed by atoms with Gasteiger partial charge < -0.3 is 10.6 Å². The molecule has 15 heteroatoms. The maximum Gasteiger partial charge on any atom is 0.413 e. The molecule has 4 nitrogen and oxygen atoms in total. The zero-order valence-electron chi connectivity index (χ0n) is 20.4. The summed E-state index contributed by atoms with van der Waals surface area (Å²) in [6.07, 6.45) is -12.0. The largest absolute Gasteiger partial charge is 0.413 e. The van der Waals surface area contributed by atoms with Gasteiger partial charge in [0, 0.05) is 14.5 Å². The molecule has 1 saturated carbocycles. The van der Waals surface area contributed by atoms with Crippen LogP contribution < -0.4 is 10.6 Å². The molecule has 220 valence electrons. The maximum absolute atomic E-state index is 14.1. The first-order valence-corrected chi connectivity index (χ1v) is 13.1. The van der Waals surface area contributed by atoms with E-state index in [9.17, 15) is 49.1 Å². The highest BCUT2D eigenvalue weighted by Crippen LogP contribution is 2.47. The molecule has 1 aromatic rings. The number of amides is 2. The summed E-state index contributed by atoms with van der Waals surface area (Å²) < 4.78 is 122. The van der Waals surface area contributed by atoms with Crippen molar-refractivity contribution in [2.75, 3.05) is 6.54 Å². The van der Waals surface area contributed by atoms with Crippen molar-refractivity contribution in [2.24, 2.45) is 5.41 Å². The first-order chi connectivity index (χ1) is 18.2. The second-order valence-corrected chi connectivity index (χ2v) is 11.5. The summed E-state index contributed by atoms with van der Waals surface area (Å²) in [7, 11) is 0. The third-order valence-corrected chi connectivity index (χ3v) is 7.44. The summed E-state index contributed by atoms with van der Waals surface area (Å²) in [6.45, 7) is -0.734. The lowest BCUT2D eigenvalue weighted by Gasteiger charge is -2.35. The molecule has 2 amide bonds. The molecular weight excluding hydrogens is 691 g/mol. The number of alkyl halides is 9. The summed E-state index contributed by atoms with van der Waals surface area (Å²) >= 11 is 6.21. The molecule has 1 fully saturated rings. The SMILES string of the molecule is CC1(C(=O)NC2(C(=O)NCC(F)(F)F)CC2)CC=C(/C=C/C(c2cc(Br)cc(Br)c2)C(F)(F)F)C=C1C(F)(F)F. The predicted molar refractivity (Wildman–Crippen MR) is 134 cm³/mol. The number of carbonyl (C=O) groups is 2. The van der Waals surface area contributed by atoms with Gasteiger partial charge in [0.1, 0.15) is 12.1 Å². The Morgan fingerprint density at radius 3 is 2.02 bits per heavy atom. The normalized spacial score (nSPS) is 21.9. The molecule has 2 aliphatic rings. The van der Waals surface area contributed by atoms with Gasteiger partial charge in [-0.15, -0.1) is 0 Å². The van der Waals surface area contributed by atoms with Crippen LogP contribution in [0.2, 0.25) is 0 Å². The van der Waals surface area contributed by atoms with Gasteiger partial charge in [0.2, 0.25) is 11.8 Å². The van der Waals surface area contributed by atoms with Crippen molar-refractivity contribution in [1.82, 2.24) is 10.6 Å². The number of nitrogens with one attached hydrogen (secondary N) is 2. The average Bonchev–Trinajstić information content (AvgIpc) is 3.56. The molecule has 0 saturated heterocycles. The molecule has 2 N–H and O–H groups in total. The molecule has 0 radical (unpaired) electrons. The molecule has 2 atom stereocenters. The van der Waals surface area contributed by atoms with E-state index in [1.165, 1.54) is 18.2 Å². The van der Waals surface area contributed by atoms with Gasteiger partial charge in [-0.1, -0.05) is 50.1 Å². The third-order valence-electron chi connectivity index (χ3n) is 6.52. The highest BCUT2D eigenvalue weighted by molar-refractivity contribution is 9.11. The lowest BCUT2D eigenvalue weighted by atomic mass is 9.73. The summed E-state index contributed by atoms with van der Waals surface area (Å²) in [5, 5.41) is 3.79. The minimum absolute atomic E-state index is 0.0715. The van der Waals surface area contributed by atoms with Crippen molar-refractivity contribution in [3.8, 4) is 0 Å². The van der Waals surface area contributed by atoms with E-state index in [1.807, 2.05) is 0 Å². The average molecular weight is 712 g/mol. The fourth-order valence-electron chi connectivity index (χ4n) is 4.15. The van der Waals surface area contributed by atoms with Gasteiger partial charge in [-0.3, -0.25) is 9.59 Å². The first-order valence-electron chi connectivity index (χ1n) is 11.5. The second-order valence-electron chi connectivity index (χ2n) is 9.71. The van der Waals surface area contributed by atoms with E-state index in [0.29, 0.717) is 21.1 Å². The highest BCUT2D eigenvalue weighted by Gasteiger charge is 2.57. The molecule has 40 heavy (non-hydrogen) atoms. The Hall–Kier alpha value is -2.29. The zero-order chi connectivity index (χ0) is 30.3. The number of rotatable bonds is 7. The van der Waals surface area contributed by atoms with Gasteiger partial charge in [-0.05, 0) is 61.6 Å². The van der Waals surface area contributed by atoms with E-state index in [-0.39, 0.29) is 24.0 Å². The Bertz CT molecular complexity index is 1240. The molecule has 0 spiro atoms. The Kier molecular flexibility index (Phi) is 9.01. The number of benzene rings is 1. The second kappa shape index (κ2) is 11.2. The van der Waals surface area contributed by atoms with Crippen molar-refractivity contribution in [2.45, 2.75) is 56.2 Å². The summed E-state index contributed by atoms with van der Waals surface area (Å²) in [4.78, 5) is 25.3. The number of allylic oxidation sites excluding steroid dienone is 5. The van der Waals surface area contributed by atoms with Crippen LogP contribution in [-0.4, -0.2) is 42.4 Å². The van der Waals surface area contributed by atoms with E-state index in [2.05, 4.69) is 37.2 Å². The Morgan fingerprint density at radius 1 is 0.975 bits per heavy atom. The zero-order valence-corrected chi connectivity index (χ0v) is 23.6. The van der Waals surface area contributed by atoms with Gasteiger partial charge in [-0.2, -0.15) is 39.5 Å². The fraction of sp³-hybridized carbons (Fsp3) is 0.440. The van der Waals surface area contributed by atoms with Gasteiger partial charge in [0.05, 0.1) is 11.3 Å². The van der Waals surface area contributed by atoms with Gasteiger partial charge >= 0.3 is 18.5 Å². The number of hydrogen-bond donors (Lipinski definition) is 2. The summed E-state index contributed by atoms with van der Waals surface area (Å²) in [6, 6.07) is 3.96. The van der Waals surface area contributed by atoms with Crippen LogP contribution in [0.4, 0.5) is 39.5 Å². The highest BCUT2D eigenvalue weighted by atomic mass is 79.9. The number of carbonyl (C=O) groups excluding carboxylic acids is 2. The molecule has 2 aliphatic carbocycles. The van der Waals surface area contributed by atoms with Crippen molar-refractivity contribution < 1.29 is 49.1 Å².